The Labute approximate surface area is 218 Å². The summed E-state index contributed by atoms with van der Waals surface area (Å²) in [7, 11) is 3.37. The Kier molecular flexibility index (Phi) is 6.79. The summed E-state index contributed by atoms with van der Waals surface area (Å²) in [5.41, 5.74) is 2.05. The predicted molar refractivity (Wildman–Crippen MR) is 141 cm³/mol. The molecule has 1 fully saturated rings. The van der Waals surface area contributed by atoms with Gasteiger partial charge in [0.25, 0.3) is 5.56 Å². The van der Waals surface area contributed by atoms with Crippen molar-refractivity contribution in [2.24, 2.45) is 7.05 Å². The molecule has 0 aliphatic carbocycles. The lowest BCUT2D eigenvalue weighted by molar-refractivity contribution is -0.130. The van der Waals surface area contributed by atoms with Gasteiger partial charge in [0.1, 0.15) is 11.6 Å². The SMILES string of the molecule is CC(=O)N1CCC(n2c(-c3ccnc(N(C)c4ccccc4F)n3)c(-c3ccc(F)cc3)c(=O)n2C)CC1. The monoisotopic (exact) mass is 518 g/mol. The third kappa shape index (κ3) is 4.57. The number of halogens is 2. The second-order valence-electron chi connectivity index (χ2n) is 9.39. The number of likely N-dealkylation sites (tertiary alicyclic amines) is 1. The van der Waals surface area contributed by atoms with Crippen LogP contribution in [0.1, 0.15) is 25.8 Å². The van der Waals surface area contributed by atoms with Gasteiger partial charge in [-0.3, -0.25) is 19.0 Å². The number of anilines is 2. The van der Waals surface area contributed by atoms with Crippen LogP contribution < -0.4 is 10.5 Å². The molecule has 0 saturated carbocycles. The molecule has 0 spiro atoms. The standard InChI is InChI=1S/C28H28F2N6O2/c1-18(37)35-16-13-21(14-17-35)36-26(25(27(38)34(36)3)19-8-10-20(29)11-9-19)23-12-15-31-28(32-23)33(2)24-7-5-4-6-22(24)30/h4-12,15,21H,13-14,16-17H2,1-3H3. The topological polar surface area (TPSA) is 76.3 Å². The van der Waals surface area contributed by atoms with Crippen molar-refractivity contribution in [2.45, 2.75) is 25.8 Å². The van der Waals surface area contributed by atoms with E-state index >= 15 is 0 Å². The smallest absolute Gasteiger partial charge is 0.274 e. The fourth-order valence-corrected chi connectivity index (χ4v) is 5.07. The Balaban J connectivity index is 1.67. The van der Waals surface area contributed by atoms with Crippen molar-refractivity contribution in [3.63, 3.8) is 0 Å². The largest absolute Gasteiger partial charge is 0.343 e. The molecule has 3 heterocycles. The van der Waals surface area contributed by atoms with E-state index in [1.807, 2.05) is 4.68 Å². The number of aromatic nitrogens is 4. The van der Waals surface area contributed by atoms with Gasteiger partial charge in [-0.15, -0.1) is 0 Å². The Morgan fingerprint density at radius 3 is 2.37 bits per heavy atom. The average molecular weight is 519 g/mol. The molecule has 2 aromatic carbocycles. The van der Waals surface area contributed by atoms with Gasteiger partial charge in [0, 0.05) is 40.3 Å². The summed E-state index contributed by atoms with van der Waals surface area (Å²) < 4.78 is 31.8. The number of nitrogens with zero attached hydrogens (tertiary/aromatic N) is 6. The van der Waals surface area contributed by atoms with E-state index in [1.54, 1.807) is 78.1 Å². The summed E-state index contributed by atoms with van der Waals surface area (Å²) in [5.74, 6) is -0.538. The van der Waals surface area contributed by atoms with E-state index in [4.69, 9.17) is 4.98 Å². The van der Waals surface area contributed by atoms with Crippen molar-refractivity contribution >= 4 is 17.5 Å². The Bertz CT molecular complexity index is 1540. The highest BCUT2D eigenvalue weighted by atomic mass is 19.1. The van der Waals surface area contributed by atoms with E-state index in [-0.39, 0.29) is 23.5 Å². The lowest BCUT2D eigenvalue weighted by Crippen LogP contribution is -2.39. The van der Waals surface area contributed by atoms with E-state index < -0.39 is 11.6 Å². The van der Waals surface area contributed by atoms with Crippen LogP contribution >= 0.6 is 0 Å². The molecule has 1 amide bonds. The van der Waals surface area contributed by atoms with Gasteiger partial charge >= 0.3 is 0 Å². The molecule has 1 aliphatic rings. The van der Waals surface area contributed by atoms with E-state index in [0.717, 1.165) is 0 Å². The predicted octanol–water partition coefficient (Wildman–Crippen LogP) is 4.54. The first kappa shape index (κ1) is 25.3. The van der Waals surface area contributed by atoms with Crippen molar-refractivity contribution in [2.75, 3.05) is 25.0 Å². The molecule has 1 saturated heterocycles. The van der Waals surface area contributed by atoms with Crippen LogP contribution in [0.25, 0.3) is 22.5 Å². The van der Waals surface area contributed by atoms with Crippen LogP contribution in [0, 0.1) is 11.6 Å². The number of para-hydroxylation sites is 1. The van der Waals surface area contributed by atoms with E-state index in [1.165, 1.54) is 18.2 Å². The number of hydrogen-bond acceptors (Lipinski definition) is 5. The molecule has 38 heavy (non-hydrogen) atoms. The third-order valence-corrected chi connectivity index (χ3v) is 7.08. The normalized spacial score (nSPS) is 14.1. The Morgan fingerprint density at radius 2 is 1.71 bits per heavy atom. The summed E-state index contributed by atoms with van der Waals surface area (Å²) in [5, 5.41) is 0. The van der Waals surface area contributed by atoms with Gasteiger partial charge in [-0.2, -0.15) is 0 Å². The minimum absolute atomic E-state index is 0.0219. The minimum atomic E-state index is -0.412. The van der Waals surface area contributed by atoms with Gasteiger partial charge in [0.05, 0.1) is 28.7 Å². The lowest BCUT2D eigenvalue weighted by Gasteiger charge is -2.33. The number of amides is 1. The van der Waals surface area contributed by atoms with E-state index in [9.17, 15) is 18.4 Å². The highest BCUT2D eigenvalue weighted by Crippen LogP contribution is 2.35. The van der Waals surface area contributed by atoms with Crippen molar-refractivity contribution in [1.29, 1.82) is 0 Å². The zero-order valence-electron chi connectivity index (χ0n) is 21.4. The van der Waals surface area contributed by atoms with Gasteiger partial charge in [-0.1, -0.05) is 24.3 Å². The van der Waals surface area contributed by atoms with Gasteiger partial charge in [0.2, 0.25) is 11.9 Å². The van der Waals surface area contributed by atoms with Crippen molar-refractivity contribution in [3.05, 3.63) is 82.8 Å². The van der Waals surface area contributed by atoms with Crippen molar-refractivity contribution in [3.8, 4) is 22.5 Å². The number of hydrogen-bond donors (Lipinski definition) is 0. The molecule has 8 nitrogen and oxygen atoms in total. The molecule has 4 aromatic rings. The molecule has 1 aliphatic heterocycles. The minimum Gasteiger partial charge on any atom is -0.343 e. The van der Waals surface area contributed by atoms with Crippen LogP contribution in [0.4, 0.5) is 20.4 Å². The van der Waals surface area contributed by atoms with Gasteiger partial charge in [-0.25, -0.2) is 18.7 Å². The van der Waals surface area contributed by atoms with Crippen LogP contribution in [-0.4, -0.2) is 50.3 Å². The first-order valence-electron chi connectivity index (χ1n) is 12.4. The summed E-state index contributed by atoms with van der Waals surface area (Å²) in [6.07, 6.45) is 2.89. The molecule has 0 N–H and O–H groups in total. The number of carbonyl (C=O) groups is 1. The molecule has 196 valence electrons. The quantitative estimate of drug-likeness (QED) is 0.388. The summed E-state index contributed by atoms with van der Waals surface area (Å²) in [6.45, 7) is 2.70. The average Bonchev–Trinajstić information content (AvgIpc) is 3.19. The number of rotatable bonds is 5. The first-order valence-corrected chi connectivity index (χ1v) is 12.4. The summed E-state index contributed by atoms with van der Waals surface area (Å²) in [6, 6.07) is 13.8. The van der Waals surface area contributed by atoms with Crippen LogP contribution in [0.5, 0.6) is 0 Å². The van der Waals surface area contributed by atoms with Gasteiger partial charge in [-0.05, 0) is 48.7 Å². The van der Waals surface area contributed by atoms with Gasteiger partial charge in [0.15, 0.2) is 0 Å². The van der Waals surface area contributed by atoms with Crippen LogP contribution in [-0.2, 0) is 11.8 Å². The molecule has 5 rings (SSSR count). The molecule has 0 atom stereocenters. The molecule has 0 unspecified atom stereocenters. The molecule has 10 heteroatoms. The molecule has 0 bridgehead atoms. The zero-order chi connectivity index (χ0) is 27.0. The van der Waals surface area contributed by atoms with Crippen LogP contribution in [0.15, 0.2) is 65.6 Å². The highest BCUT2D eigenvalue weighted by molar-refractivity contribution is 5.80. The van der Waals surface area contributed by atoms with E-state index in [2.05, 4.69) is 4.98 Å². The zero-order valence-corrected chi connectivity index (χ0v) is 21.4. The fourth-order valence-electron chi connectivity index (χ4n) is 5.07. The number of piperidine rings is 1. The first-order chi connectivity index (χ1) is 18.3. The lowest BCUT2D eigenvalue weighted by atomic mass is 10.0. The molecule has 2 aromatic heterocycles. The maximum atomic E-state index is 14.5. The molecular weight excluding hydrogens is 490 g/mol. The van der Waals surface area contributed by atoms with Crippen molar-refractivity contribution in [1.82, 2.24) is 24.2 Å². The number of benzene rings is 2. The second kappa shape index (κ2) is 10.2. The van der Waals surface area contributed by atoms with Crippen LogP contribution in [0.2, 0.25) is 0 Å². The maximum Gasteiger partial charge on any atom is 0.274 e. The van der Waals surface area contributed by atoms with Crippen molar-refractivity contribution < 1.29 is 13.6 Å². The van der Waals surface area contributed by atoms with E-state index in [0.29, 0.717) is 54.1 Å². The Morgan fingerprint density at radius 1 is 1.03 bits per heavy atom. The maximum absolute atomic E-state index is 14.5. The fraction of sp³-hybridized carbons (Fsp3) is 0.286. The third-order valence-electron chi connectivity index (χ3n) is 7.08. The summed E-state index contributed by atoms with van der Waals surface area (Å²) in [4.78, 5) is 38.0. The second-order valence-corrected chi connectivity index (χ2v) is 9.39. The number of carbonyl (C=O) groups excluding carboxylic acids is 1. The van der Waals surface area contributed by atoms with Gasteiger partial charge < -0.3 is 9.80 Å². The molecular formula is C28H28F2N6O2. The Hall–Kier alpha value is -4.34. The highest BCUT2D eigenvalue weighted by Gasteiger charge is 2.30. The van der Waals surface area contributed by atoms with Crippen LogP contribution in [0.3, 0.4) is 0 Å². The summed E-state index contributed by atoms with van der Waals surface area (Å²) >= 11 is 0. The molecule has 0 radical (unpaired) electrons.